The molecule has 0 aromatic carbocycles. The molecule has 0 spiro atoms. The molecule has 0 aliphatic carbocycles. The highest BCUT2D eigenvalue weighted by molar-refractivity contribution is 8.01. The van der Waals surface area contributed by atoms with Crippen LogP contribution in [-0.4, -0.2) is 21.6 Å². The van der Waals surface area contributed by atoms with E-state index in [0.717, 1.165) is 18.6 Å². The van der Waals surface area contributed by atoms with Gasteiger partial charge >= 0.3 is 5.97 Å². The van der Waals surface area contributed by atoms with Gasteiger partial charge in [-0.25, -0.2) is 0 Å². The van der Waals surface area contributed by atoms with Gasteiger partial charge in [0.25, 0.3) is 0 Å². The van der Waals surface area contributed by atoms with Crippen molar-refractivity contribution in [1.29, 1.82) is 0 Å². The third-order valence-electron chi connectivity index (χ3n) is 1.67. The number of hydrogen-bond donors (Lipinski definition) is 1. The van der Waals surface area contributed by atoms with E-state index in [0.29, 0.717) is 0 Å². The Kier molecular flexibility index (Phi) is 1.70. The first kappa shape index (κ1) is 6.93. The quantitative estimate of drug-likeness (QED) is 0.607. The fraction of sp³-hybridized carbons (Fsp3) is 0.833. The number of carboxylic acid groups (broad SMARTS) is 1. The van der Waals surface area contributed by atoms with Crippen molar-refractivity contribution in [3.8, 4) is 0 Å². The van der Waals surface area contributed by atoms with Crippen LogP contribution in [0, 0.1) is 0 Å². The summed E-state index contributed by atoms with van der Waals surface area (Å²) in [5, 5.41) is 8.65. The van der Waals surface area contributed by atoms with E-state index in [-0.39, 0.29) is 0 Å². The number of rotatable bonds is 1. The first-order valence-electron chi connectivity index (χ1n) is 3.02. The molecule has 1 unspecified atom stereocenters. The van der Waals surface area contributed by atoms with Crippen LogP contribution in [0.4, 0.5) is 0 Å². The van der Waals surface area contributed by atoms with Gasteiger partial charge in [-0.2, -0.15) is 0 Å². The molecule has 2 nitrogen and oxygen atoms in total. The Morgan fingerprint density at radius 1 is 1.78 bits per heavy atom. The monoisotopic (exact) mass is 146 g/mol. The Morgan fingerprint density at radius 2 is 2.44 bits per heavy atom. The van der Waals surface area contributed by atoms with E-state index in [1.807, 2.05) is 0 Å². The summed E-state index contributed by atoms with van der Waals surface area (Å²) in [7, 11) is 0. The minimum absolute atomic E-state index is 0.472. The van der Waals surface area contributed by atoms with E-state index >= 15 is 0 Å². The molecule has 0 saturated carbocycles. The molecule has 52 valence electrons. The maximum atomic E-state index is 10.5. The zero-order valence-electron chi connectivity index (χ0n) is 5.39. The lowest BCUT2D eigenvalue weighted by molar-refractivity contribution is -0.139. The summed E-state index contributed by atoms with van der Waals surface area (Å²) in [6.07, 6.45) is 1.88. The van der Waals surface area contributed by atoms with Crippen molar-refractivity contribution in [2.24, 2.45) is 0 Å². The Morgan fingerprint density at radius 3 is 2.67 bits per heavy atom. The first-order chi connectivity index (χ1) is 4.15. The summed E-state index contributed by atoms with van der Waals surface area (Å²) in [6.45, 7) is 1.80. The van der Waals surface area contributed by atoms with Gasteiger partial charge in [-0.3, -0.25) is 4.79 Å². The average Bonchev–Trinajstić information content (AvgIpc) is 2.16. The predicted octanol–water partition coefficient (Wildman–Crippen LogP) is 1.36. The number of carboxylic acids is 1. The Labute approximate surface area is 58.6 Å². The van der Waals surface area contributed by atoms with Crippen LogP contribution in [0.3, 0.4) is 0 Å². The van der Waals surface area contributed by atoms with Crippen molar-refractivity contribution >= 4 is 17.7 Å². The zero-order valence-corrected chi connectivity index (χ0v) is 6.20. The second kappa shape index (κ2) is 2.21. The maximum absolute atomic E-state index is 10.5. The third-order valence-corrected chi connectivity index (χ3v) is 3.18. The SMILES string of the molecule is CC1(C(=O)O)CCCS1. The second-order valence-electron chi connectivity index (χ2n) is 2.49. The lowest BCUT2D eigenvalue weighted by Crippen LogP contribution is -2.27. The van der Waals surface area contributed by atoms with E-state index in [1.54, 1.807) is 18.7 Å². The molecule has 9 heavy (non-hydrogen) atoms. The molecule has 1 N–H and O–H groups in total. The van der Waals surface area contributed by atoms with Gasteiger partial charge in [-0.1, -0.05) is 0 Å². The third kappa shape index (κ3) is 1.21. The summed E-state index contributed by atoms with van der Waals surface area (Å²) in [5.41, 5.74) is 0. The van der Waals surface area contributed by atoms with Crippen LogP contribution >= 0.6 is 11.8 Å². The summed E-state index contributed by atoms with van der Waals surface area (Å²) < 4.78 is -0.472. The molecule has 0 amide bonds. The topological polar surface area (TPSA) is 37.3 Å². The largest absolute Gasteiger partial charge is 0.480 e. The van der Waals surface area contributed by atoms with Crippen LogP contribution in [0.5, 0.6) is 0 Å². The molecule has 1 aliphatic rings. The normalized spacial score (nSPS) is 34.8. The van der Waals surface area contributed by atoms with Crippen molar-refractivity contribution in [2.75, 3.05) is 5.75 Å². The molecule has 0 aromatic rings. The zero-order chi connectivity index (χ0) is 6.91. The number of carbonyl (C=O) groups is 1. The van der Waals surface area contributed by atoms with Gasteiger partial charge in [0, 0.05) is 0 Å². The van der Waals surface area contributed by atoms with Gasteiger partial charge in [0.2, 0.25) is 0 Å². The minimum atomic E-state index is -0.662. The van der Waals surface area contributed by atoms with Crippen LogP contribution < -0.4 is 0 Å². The van der Waals surface area contributed by atoms with Crippen LogP contribution in [-0.2, 0) is 4.79 Å². The number of hydrogen-bond acceptors (Lipinski definition) is 2. The van der Waals surface area contributed by atoms with Gasteiger partial charge in [0.05, 0.1) is 0 Å². The van der Waals surface area contributed by atoms with E-state index in [1.165, 1.54) is 0 Å². The van der Waals surface area contributed by atoms with E-state index < -0.39 is 10.7 Å². The van der Waals surface area contributed by atoms with Gasteiger partial charge in [-0.15, -0.1) is 11.8 Å². The lowest BCUT2D eigenvalue weighted by atomic mass is 10.1. The molecule has 1 rings (SSSR count). The number of thioether (sulfide) groups is 1. The van der Waals surface area contributed by atoms with E-state index in [9.17, 15) is 4.79 Å². The molecule has 1 atom stereocenters. The molecule has 3 heteroatoms. The van der Waals surface area contributed by atoms with Crippen LogP contribution in [0.2, 0.25) is 0 Å². The van der Waals surface area contributed by atoms with Gasteiger partial charge in [0.1, 0.15) is 4.75 Å². The average molecular weight is 146 g/mol. The molecule has 0 aromatic heterocycles. The number of aliphatic carboxylic acids is 1. The van der Waals surface area contributed by atoms with Gasteiger partial charge < -0.3 is 5.11 Å². The Bertz CT molecular complexity index is 127. The van der Waals surface area contributed by atoms with Gasteiger partial charge in [-0.05, 0) is 25.5 Å². The standard InChI is InChI=1S/C6H10O2S/c1-6(5(7)8)3-2-4-9-6/h2-4H2,1H3,(H,7,8). The summed E-state index contributed by atoms with van der Waals surface area (Å²) in [4.78, 5) is 10.5. The molecule has 1 fully saturated rings. The van der Waals surface area contributed by atoms with E-state index in [4.69, 9.17) is 5.11 Å². The van der Waals surface area contributed by atoms with Gasteiger partial charge in [0.15, 0.2) is 0 Å². The smallest absolute Gasteiger partial charge is 0.319 e. The highest BCUT2D eigenvalue weighted by Gasteiger charge is 2.36. The summed E-state index contributed by atoms with van der Waals surface area (Å²) in [5.74, 6) is 0.341. The van der Waals surface area contributed by atoms with E-state index in [2.05, 4.69) is 0 Å². The Balaban J connectivity index is 2.61. The van der Waals surface area contributed by atoms with Crippen molar-refractivity contribution in [3.05, 3.63) is 0 Å². The minimum Gasteiger partial charge on any atom is -0.480 e. The van der Waals surface area contributed by atoms with Crippen molar-refractivity contribution in [3.63, 3.8) is 0 Å². The van der Waals surface area contributed by atoms with Crippen molar-refractivity contribution in [1.82, 2.24) is 0 Å². The second-order valence-corrected chi connectivity index (χ2v) is 4.09. The van der Waals surface area contributed by atoms with Crippen molar-refractivity contribution < 1.29 is 9.90 Å². The van der Waals surface area contributed by atoms with Crippen LogP contribution in [0.25, 0.3) is 0 Å². The predicted molar refractivity (Wildman–Crippen MR) is 37.7 cm³/mol. The summed E-state index contributed by atoms with van der Waals surface area (Å²) in [6, 6.07) is 0. The first-order valence-corrected chi connectivity index (χ1v) is 4.01. The fourth-order valence-corrected chi connectivity index (χ4v) is 2.10. The molecule has 1 heterocycles. The Hall–Kier alpha value is -0.180. The highest BCUT2D eigenvalue weighted by Crippen LogP contribution is 2.37. The van der Waals surface area contributed by atoms with Crippen LogP contribution in [0.15, 0.2) is 0 Å². The molecular formula is C6H10O2S. The summed E-state index contributed by atoms with van der Waals surface area (Å²) >= 11 is 1.55. The highest BCUT2D eigenvalue weighted by atomic mass is 32.2. The molecule has 1 aliphatic heterocycles. The fourth-order valence-electron chi connectivity index (χ4n) is 0.948. The molecule has 0 radical (unpaired) electrons. The van der Waals surface area contributed by atoms with Crippen molar-refractivity contribution in [2.45, 2.75) is 24.5 Å². The molecular weight excluding hydrogens is 136 g/mol. The lowest BCUT2D eigenvalue weighted by Gasteiger charge is -2.14. The maximum Gasteiger partial charge on any atom is 0.319 e. The molecule has 0 bridgehead atoms. The van der Waals surface area contributed by atoms with Crippen LogP contribution in [0.1, 0.15) is 19.8 Å². The molecule has 1 saturated heterocycles.